The number of halogens is 1. The van der Waals surface area contributed by atoms with Gasteiger partial charge in [0, 0.05) is 16.9 Å². The molecule has 9 heteroatoms. The predicted octanol–water partition coefficient (Wildman–Crippen LogP) is 2.05. The first-order valence-electron chi connectivity index (χ1n) is 11.4. The predicted molar refractivity (Wildman–Crippen MR) is 127 cm³/mol. The molecule has 1 spiro atoms. The maximum atomic E-state index is 14.1. The highest BCUT2D eigenvalue weighted by Crippen LogP contribution is 2.60. The quantitative estimate of drug-likeness (QED) is 0.280. The Bertz CT molecular complexity index is 822. The van der Waals surface area contributed by atoms with E-state index >= 15 is 0 Å². The molecule has 0 aromatic carbocycles. The van der Waals surface area contributed by atoms with Gasteiger partial charge in [-0.2, -0.15) is 0 Å². The van der Waals surface area contributed by atoms with Crippen molar-refractivity contribution in [3.05, 3.63) is 25.3 Å². The van der Waals surface area contributed by atoms with Gasteiger partial charge in [0.2, 0.25) is 11.8 Å². The summed E-state index contributed by atoms with van der Waals surface area (Å²) >= 11 is 3.63. The van der Waals surface area contributed by atoms with Gasteiger partial charge in [-0.25, -0.2) is 0 Å². The van der Waals surface area contributed by atoms with E-state index in [-0.39, 0.29) is 29.9 Å². The van der Waals surface area contributed by atoms with Crippen LogP contribution in [0.2, 0.25) is 0 Å². The Morgan fingerprint density at radius 2 is 2.06 bits per heavy atom. The number of carbonyl (C=O) groups is 3. The summed E-state index contributed by atoms with van der Waals surface area (Å²) in [6.07, 6.45) is 3.40. The van der Waals surface area contributed by atoms with Crippen molar-refractivity contribution in [2.24, 2.45) is 11.8 Å². The zero-order valence-corrected chi connectivity index (χ0v) is 21.4. The third-order valence-corrected chi connectivity index (χ3v) is 7.88. The molecule has 2 amide bonds. The number of likely N-dealkylation sites (tertiary alicyclic amines) is 1. The Hall–Kier alpha value is -1.71. The molecule has 0 aromatic heterocycles. The average Bonchev–Trinajstić information content (AvgIpc) is 3.34. The van der Waals surface area contributed by atoms with Crippen LogP contribution >= 0.6 is 15.9 Å². The van der Waals surface area contributed by atoms with Crippen molar-refractivity contribution >= 4 is 33.7 Å². The standard InChI is InChI=1S/C24H35BrN2O6/c1-7-10-26(23(4,5)6)21(30)19-24-12-15(25)18(33-24)16(22(31)32-11-8-2)17(24)20(29)27(19)14(9-3)13-28/h7-8,14-19,28H,1-2,9-13H2,3-6H3/t14-,15?,16+,17-,18+,19?,24?/m0/s1. The number of rotatable bonds is 9. The van der Waals surface area contributed by atoms with E-state index in [9.17, 15) is 19.5 Å². The van der Waals surface area contributed by atoms with E-state index in [1.165, 1.54) is 11.0 Å². The van der Waals surface area contributed by atoms with E-state index in [0.29, 0.717) is 19.4 Å². The van der Waals surface area contributed by atoms with Crippen LogP contribution in [0.25, 0.3) is 0 Å². The van der Waals surface area contributed by atoms with E-state index in [1.54, 1.807) is 11.0 Å². The summed E-state index contributed by atoms with van der Waals surface area (Å²) in [4.78, 5) is 44.0. The van der Waals surface area contributed by atoms with Gasteiger partial charge in [0.15, 0.2) is 0 Å². The molecular formula is C24H35BrN2O6. The number of esters is 1. The molecule has 0 aromatic rings. The van der Waals surface area contributed by atoms with Crippen LogP contribution in [-0.2, 0) is 23.9 Å². The highest BCUT2D eigenvalue weighted by atomic mass is 79.9. The Morgan fingerprint density at radius 1 is 1.39 bits per heavy atom. The summed E-state index contributed by atoms with van der Waals surface area (Å²) in [6, 6.07) is -1.54. The molecule has 33 heavy (non-hydrogen) atoms. The second-order valence-corrected chi connectivity index (χ2v) is 11.2. The van der Waals surface area contributed by atoms with Crippen LogP contribution in [0.4, 0.5) is 0 Å². The Morgan fingerprint density at radius 3 is 2.58 bits per heavy atom. The maximum Gasteiger partial charge on any atom is 0.312 e. The first-order chi connectivity index (χ1) is 15.5. The Balaban J connectivity index is 2.13. The average molecular weight is 527 g/mol. The molecule has 3 fully saturated rings. The van der Waals surface area contributed by atoms with Crippen LogP contribution in [0.1, 0.15) is 40.5 Å². The third kappa shape index (κ3) is 4.06. The first-order valence-corrected chi connectivity index (χ1v) is 12.4. The van der Waals surface area contributed by atoms with Gasteiger partial charge in [-0.3, -0.25) is 14.4 Å². The number of aliphatic hydroxyl groups is 1. The topological polar surface area (TPSA) is 96.4 Å². The number of amides is 2. The van der Waals surface area contributed by atoms with Gasteiger partial charge >= 0.3 is 5.97 Å². The molecule has 8 nitrogen and oxygen atoms in total. The summed E-state index contributed by atoms with van der Waals surface area (Å²) in [5, 5.41) is 10.1. The molecule has 2 bridgehead atoms. The van der Waals surface area contributed by atoms with E-state index in [2.05, 4.69) is 29.1 Å². The molecule has 1 N–H and O–H groups in total. The van der Waals surface area contributed by atoms with Gasteiger partial charge in [0.25, 0.3) is 0 Å². The molecule has 184 valence electrons. The maximum absolute atomic E-state index is 14.1. The minimum Gasteiger partial charge on any atom is -0.461 e. The lowest BCUT2D eigenvalue weighted by molar-refractivity contribution is -0.157. The van der Waals surface area contributed by atoms with Gasteiger partial charge in [-0.15, -0.1) is 6.58 Å². The highest BCUT2D eigenvalue weighted by Gasteiger charge is 2.77. The van der Waals surface area contributed by atoms with Gasteiger partial charge in [0.1, 0.15) is 18.2 Å². The fourth-order valence-electron chi connectivity index (χ4n) is 5.63. The number of alkyl halides is 1. The summed E-state index contributed by atoms with van der Waals surface area (Å²) in [5.41, 5.74) is -1.72. The number of fused-ring (bicyclic) bond motifs is 1. The van der Waals surface area contributed by atoms with Crippen LogP contribution in [0.15, 0.2) is 25.3 Å². The summed E-state index contributed by atoms with van der Waals surface area (Å²) in [7, 11) is 0. The van der Waals surface area contributed by atoms with E-state index < -0.39 is 47.1 Å². The van der Waals surface area contributed by atoms with Crippen molar-refractivity contribution in [2.75, 3.05) is 19.8 Å². The van der Waals surface area contributed by atoms with Crippen molar-refractivity contribution in [1.29, 1.82) is 0 Å². The van der Waals surface area contributed by atoms with E-state index in [4.69, 9.17) is 9.47 Å². The SMILES string of the molecule is C=CCOC(=O)[C@H]1[C@@H]2OC3(CC2Br)C(C(=O)N(CC=C)C(C)(C)C)N([C@@H](CC)CO)C(=O)[C@H]13. The normalized spacial score (nSPS) is 33.6. The minimum atomic E-state index is -1.18. The van der Waals surface area contributed by atoms with Crippen molar-refractivity contribution in [2.45, 2.75) is 74.7 Å². The highest BCUT2D eigenvalue weighted by molar-refractivity contribution is 9.09. The van der Waals surface area contributed by atoms with Crippen LogP contribution in [0.5, 0.6) is 0 Å². The lowest BCUT2D eigenvalue weighted by Gasteiger charge is -2.43. The molecule has 0 aliphatic carbocycles. The monoisotopic (exact) mass is 526 g/mol. The molecule has 3 rings (SSSR count). The van der Waals surface area contributed by atoms with Gasteiger partial charge in [-0.1, -0.05) is 41.6 Å². The first kappa shape index (κ1) is 25.9. The van der Waals surface area contributed by atoms with Gasteiger partial charge in [0.05, 0.1) is 30.6 Å². The van der Waals surface area contributed by atoms with E-state index in [1.807, 2.05) is 27.7 Å². The summed E-state index contributed by atoms with van der Waals surface area (Å²) in [6.45, 7) is 15.0. The van der Waals surface area contributed by atoms with Crippen LogP contribution in [0, 0.1) is 11.8 Å². The van der Waals surface area contributed by atoms with Crippen LogP contribution in [-0.4, -0.2) is 86.6 Å². The van der Waals surface area contributed by atoms with Crippen LogP contribution in [0.3, 0.4) is 0 Å². The second-order valence-electron chi connectivity index (χ2n) is 9.98. The lowest BCUT2D eigenvalue weighted by atomic mass is 9.70. The van der Waals surface area contributed by atoms with Gasteiger partial charge < -0.3 is 24.4 Å². The summed E-state index contributed by atoms with van der Waals surface area (Å²) in [5.74, 6) is -2.84. The molecule has 3 heterocycles. The van der Waals surface area contributed by atoms with Crippen molar-refractivity contribution in [3.8, 4) is 0 Å². The fraction of sp³-hybridized carbons (Fsp3) is 0.708. The third-order valence-electron chi connectivity index (χ3n) is 7.04. The number of aliphatic hydroxyl groups excluding tert-OH is 1. The zero-order chi connectivity index (χ0) is 24.7. The van der Waals surface area contributed by atoms with Crippen LogP contribution < -0.4 is 0 Å². The molecule has 3 saturated heterocycles. The molecular weight excluding hydrogens is 492 g/mol. The Kier molecular flexibility index (Phi) is 7.46. The molecule has 7 atom stereocenters. The lowest BCUT2D eigenvalue weighted by Crippen LogP contribution is -2.61. The molecule has 3 unspecified atom stereocenters. The largest absolute Gasteiger partial charge is 0.461 e. The molecule has 3 aliphatic rings. The number of hydrogen-bond donors (Lipinski definition) is 1. The van der Waals surface area contributed by atoms with Gasteiger partial charge in [-0.05, 0) is 33.6 Å². The summed E-state index contributed by atoms with van der Waals surface area (Å²) < 4.78 is 11.8. The number of ether oxygens (including phenoxy) is 2. The van der Waals surface area contributed by atoms with Crippen molar-refractivity contribution in [1.82, 2.24) is 9.80 Å². The zero-order valence-electron chi connectivity index (χ0n) is 19.8. The number of carbonyl (C=O) groups excluding carboxylic acids is 3. The molecule has 0 saturated carbocycles. The molecule has 3 aliphatic heterocycles. The van der Waals surface area contributed by atoms with Crippen molar-refractivity contribution in [3.63, 3.8) is 0 Å². The number of hydrogen-bond acceptors (Lipinski definition) is 6. The minimum absolute atomic E-state index is 0.0281. The second kappa shape index (κ2) is 9.50. The Labute approximate surface area is 204 Å². The smallest absolute Gasteiger partial charge is 0.312 e. The fourth-order valence-corrected chi connectivity index (χ4v) is 6.57. The van der Waals surface area contributed by atoms with Crippen molar-refractivity contribution < 1.29 is 29.0 Å². The number of nitrogens with zero attached hydrogens (tertiary/aromatic N) is 2. The van der Waals surface area contributed by atoms with E-state index in [0.717, 1.165) is 0 Å². The molecule has 0 radical (unpaired) electrons.